The van der Waals surface area contributed by atoms with Gasteiger partial charge in [-0.2, -0.15) is 5.10 Å². The summed E-state index contributed by atoms with van der Waals surface area (Å²) in [5.74, 6) is 0.648. The lowest BCUT2D eigenvalue weighted by molar-refractivity contribution is -0.127. The van der Waals surface area contributed by atoms with E-state index in [9.17, 15) is 4.79 Å². The van der Waals surface area contributed by atoms with E-state index >= 15 is 0 Å². The fraction of sp³-hybridized carbons (Fsp3) is 0.500. The first-order valence-electron chi connectivity index (χ1n) is 9.20. The molecule has 0 bridgehead atoms. The van der Waals surface area contributed by atoms with Crippen LogP contribution in [0, 0.1) is 11.8 Å². The van der Waals surface area contributed by atoms with E-state index < -0.39 is 0 Å². The van der Waals surface area contributed by atoms with Crippen LogP contribution in [0.1, 0.15) is 43.5 Å². The zero-order chi connectivity index (χ0) is 17.2. The number of carbonyl (C=O) groups excluding carboxylic acids is 1. The molecule has 132 valence electrons. The van der Waals surface area contributed by atoms with Crippen molar-refractivity contribution in [3.8, 4) is 0 Å². The SMILES string of the molecule is C[C@@H](NC(=O)[C@H]1CCO[C@@H]1c1ccnn1Cc1ccccc1)C1CC1. The van der Waals surface area contributed by atoms with Crippen LogP contribution in [0.25, 0.3) is 0 Å². The summed E-state index contributed by atoms with van der Waals surface area (Å²) >= 11 is 0. The predicted molar refractivity (Wildman–Crippen MR) is 94.9 cm³/mol. The quantitative estimate of drug-likeness (QED) is 0.880. The van der Waals surface area contributed by atoms with Gasteiger partial charge in [-0.1, -0.05) is 30.3 Å². The van der Waals surface area contributed by atoms with Gasteiger partial charge in [-0.3, -0.25) is 9.48 Å². The zero-order valence-corrected chi connectivity index (χ0v) is 14.6. The van der Waals surface area contributed by atoms with Gasteiger partial charge in [0.2, 0.25) is 5.91 Å². The molecule has 1 aliphatic heterocycles. The van der Waals surface area contributed by atoms with E-state index in [1.54, 1.807) is 6.20 Å². The van der Waals surface area contributed by atoms with Gasteiger partial charge in [0.1, 0.15) is 6.10 Å². The van der Waals surface area contributed by atoms with Gasteiger partial charge in [-0.05, 0) is 43.7 Å². The summed E-state index contributed by atoms with van der Waals surface area (Å²) in [5, 5.41) is 7.65. The van der Waals surface area contributed by atoms with Crippen molar-refractivity contribution >= 4 is 5.91 Å². The van der Waals surface area contributed by atoms with Crippen LogP contribution in [-0.2, 0) is 16.1 Å². The summed E-state index contributed by atoms with van der Waals surface area (Å²) < 4.78 is 7.90. The average molecular weight is 339 g/mol. The molecule has 2 heterocycles. The molecule has 5 heteroatoms. The van der Waals surface area contributed by atoms with Crippen molar-refractivity contribution in [1.29, 1.82) is 0 Å². The van der Waals surface area contributed by atoms with Gasteiger partial charge in [0.25, 0.3) is 0 Å². The number of benzene rings is 1. The number of aromatic nitrogens is 2. The Bertz CT molecular complexity index is 724. The second-order valence-electron chi connectivity index (χ2n) is 7.22. The second kappa shape index (κ2) is 7.00. The van der Waals surface area contributed by atoms with E-state index in [4.69, 9.17) is 4.74 Å². The summed E-state index contributed by atoms with van der Waals surface area (Å²) in [6.45, 7) is 3.42. The molecule has 4 rings (SSSR count). The highest BCUT2D eigenvalue weighted by atomic mass is 16.5. The largest absolute Gasteiger partial charge is 0.371 e. The minimum absolute atomic E-state index is 0.120. The van der Waals surface area contributed by atoms with Crippen LogP contribution in [0.3, 0.4) is 0 Å². The molecule has 0 unspecified atom stereocenters. The normalized spacial score (nSPS) is 24.2. The lowest BCUT2D eigenvalue weighted by Crippen LogP contribution is -2.39. The molecule has 1 saturated heterocycles. The third-order valence-electron chi connectivity index (χ3n) is 5.34. The van der Waals surface area contributed by atoms with Crippen molar-refractivity contribution < 1.29 is 9.53 Å². The van der Waals surface area contributed by atoms with Crippen molar-refractivity contribution in [1.82, 2.24) is 15.1 Å². The lowest BCUT2D eigenvalue weighted by Gasteiger charge is -2.22. The number of amides is 1. The van der Waals surface area contributed by atoms with Crippen molar-refractivity contribution in [2.24, 2.45) is 11.8 Å². The summed E-state index contributed by atoms with van der Waals surface area (Å²) in [6, 6.07) is 12.5. The average Bonchev–Trinajstić information content (AvgIpc) is 3.19. The Labute approximate surface area is 148 Å². The van der Waals surface area contributed by atoms with E-state index in [2.05, 4.69) is 29.5 Å². The van der Waals surface area contributed by atoms with Gasteiger partial charge in [0.05, 0.1) is 18.2 Å². The van der Waals surface area contributed by atoms with Gasteiger partial charge in [0.15, 0.2) is 0 Å². The summed E-state index contributed by atoms with van der Waals surface area (Å²) in [4.78, 5) is 12.7. The van der Waals surface area contributed by atoms with Gasteiger partial charge in [-0.25, -0.2) is 0 Å². The van der Waals surface area contributed by atoms with Crippen LogP contribution < -0.4 is 5.32 Å². The maximum absolute atomic E-state index is 12.7. The molecule has 1 amide bonds. The third-order valence-corrected chi connectivity index (χ3v) is 5.34. The van der Waals surface area contributed by atoms with Crippen LogP contribution in [0.4, 0.5) is 0 Å². The second-order valence-corrected chi connectivity index (χ2v) is 7.22. The number of hydrogen-bond acceptors (Lipinski definition) is 3. The molecule has 3 atom stereocenters. The monoisotopic (exact) mass is 339 g/mol. The zero-order valence-electron chi connectivity index (χ0n) is 14.6. The standard InChI is InChI=1S/C20H25N3O2/c1-14(16-7-8-16)22-20(24)17-10-12-25-19(17)18-9-11-21-23(18)13-15-5-3-2-4-6-15/h2-6,9,11,14,16-17,19H,7-8,10,12-13H2,1H3,(H,22,24)/t14-,17+,19+/m1/s1. The Balaban J connectivity index is 1.48. The molecule has 1 aromatic heterocycles. The van der Waals surface area contributed by atoms with Crippen molar-refractivity contribution in [2.75, 3.05) is 6.61 Å². The smallest absolute Gasteiger partial charge is 0.226 e. The minimum Gasteiger partial charge on any atom is -0.371 e. The van der Waals surface area contributed by atoms with Crippen LogP contribution in [-0.4, -0.2) is 28.3 Å². The Morgan fingerprint density at radius 2 is 2.08 bits per heavy atom. The Morgan fingerprint density at radius 3 is 2.84 bits per heavy atom. The molecule has 1 saturated carbocycles. The third kappa shape index (κ3) is 3.61. The Hall–Kier alpha value is -2.14. The van der Waals surface area contributed by atoms with Crippen molar-refractivity contribution in [2.45, 2.75) is 44.9 Å². The summed E-state index contributed by atoms with van der Waals surface area (Å²) in [7, 11) is 0. The fourth-order valence-corrected chi connectivity index (χ4v) is 3.67. The molecule has 2 fully saturated rings. The molecule has 25 heavy (non-hydrogen) atoms. The lowest BCUT2D eigenvalue weighted by atomic mass is 9.97. The molecule has 5 nitrogen and oxygen atoms in total. The van der Waals surface area contributed by atoms with Gasteiger partial charge in [-0.15, -0.1) is 0 Å². The molecular weight excluding hydrogens is 314 g/mol. The van der Waals surface area contributed by atoms with Crippen molar-refractivity contribution in [3.05, 3.63) is 53.9 Å². The number of carbonyl (C=O) groups is 1. The van der Waals surface area contributed by atoms with E-state index in [-0.39, 0.29) is 24.0 Å². The topological polar surface area (TPSA) is 56.1 Å². The highest BCUT2D eigenvalue weighted by Gasteiger charge is 2.39. The molecule has 1 aliphatic carbocycles. The Kier molecular flexibility index (Phi) is 4.57. The first-order valence-corrected chi connectivity index (χ1v) is 9.20. The molecule has 0 spiro atoms. The van der Waals surface area contributed by atoms with E-state index in [0.717, 1.165) is 12.1 Å². The molecule has 2 aromatic rings. The van der Waals surface area contributed by atoms with Crippen LogP contribution >= 0.6 is 0 Å². The van der Waals surface area contributed by atoms with Crippen LogP contribution in [0.15, 0.2) is 42.6 Å². The summed E-state index contributed by atoms with van der Waals surface area (Å²) in [6.07, 6.45) is 4.82. The van der Waals surface area contributed by atoms with E-state index in [1.165, 1.54) is 18.4 Å². The van der Waals surface area contributed by atoms with Gasteiger partial charge < -0.3 is 10.1 Å². The van der Waals surface area contributed by atoms with Crippen LogP contribution in [0.2, 0.25) is 0 Å². The number of rotatable bonds is 6. The molecule has 2 aliphatic rings. The molecule has 1 aromatic carbocycles. The maximum Gasteiger partial charge on any atom is 0.226 e. The number of nitrogens with one attached hydrogen (secondary N) is 1. The number of nitrogens with zero attached hydrogens (tertiary/aromatic N) is 2. The highest BCUT2D eigenvalue weighted by molar-refractivity contribution is 5.80. The molecule has 0 radical (unpaired) electrons. The molecule has 1 N–H and O–H groups in total. The minimum atomic E-state index is -0.211. The van der Waals surface area contributed by atoms with Gasteiger partial charge >= 0.3 is 0 Å². The van der Waals surface area contributed by atoms with Crippen LogP contribution in [0.5, 0.6) is 0 Å². The molecular formula is C20H25N3O2. The number of hydrogen-bond donors (Lipinski definition) is 1. The predicted octanol–water partition coefficient (Wildman–Crippen LogP) is 2.92. The van der Waals surface area contributed by atoms with Gasteiger partial charge in [0, 0.05) is 18.8 Å². The van der Waals surface area contributed by atoms with Crippen molar-refractivity contribution in [3.63, 3.8) is 0 Å². The highest BCUT2D eigenvalue weighted by Crippen LogP contribution is 2.36. The maximum atomic E-state index is 12.7. The first kappa shape index (κ1) is 16.3. The fourth-order valence-electron chi connectivity index (χ4n) is 3.67. The number of ether oxygens (including phenoxy) is 1. The van der Waals surface area contributed by atoms with E-state index in [0.29, 0.717) is 19.1 Å². The first-order chi connectivity index (χ1) is 12.2. The van der Waals surface area contributed by atoms with E-state index in [1.807, 2.05) is 28.9 Å². The summed E-state index contributed by atoms with van der Waals surface area (Å²) in [5.41, 5.74) is 2.18. The Morgan fingerprint density at radius 1 is 1.28 bits per heavy atom.